The molecular weight excluding hydrogens is 1240 g/mol. The molecule has 23 nitrogen and oxygen atoms in total. The molecule has 0 aromatic carbocycles. The van der Waals surface area contributed by atoms with E-state index in [1.807, 2.05) is 0 Å². The van der Waals surface area contributed by atoms with E-state index in [1.165, 1.54) is 212 Å². The predicted octanol–water partition coefficient (Wildman–Crippen LogP) is 8.85. The van der Waals surface area contributed by atoms with Crippen LogP contribution in [0.4, 0.5) is 0 Å². The van der Waals surface area contributed by atoms with Crippen LogP contribution in [-0.2, 0) is 42.8 Å². The fraction of sp³-hybridized carbons (Fsp3) is 0.959. The van der Waals surface area contributed by atoms with Gasteiger partial charge in [-0.05, 0) is 12.8 Å². The number of carboxylic acids is 1. The number of hydrogen-bond acceptors (Lipinski definition) is 20. The number of aliphatic hydroxyl groups is 11. The maximum absolute atomic E-state index is 13.5. The highest BCUT2D eigenvalue weighted by atomic mass is 16.8. The van der Waals surface area contributed by atoms with Crippen LogP contribution in [0.25, 0.3) is 0 Å². The molecule has 18 unspecified atom stereocenters. The number of unbranched alkanes of at least 4 members (excludes halogenated alkanes) is 40. The molecule has 0 spiro atoms. The van der Waals surface area contributed by atoms with Crippen molar-refractivity contribution in [2.45, 2.75) is 420 Å². The Hall–Kier alpha value is -2.27. The van der Waals surface area contributed by atoms with Gasteiger partial charge in [-0.15, -0.1) is 0 Å². The van der Waals surface area contributed by atoms with Crippen molar-refractivity contribution in [2.75, 3.05) is 26.4 Å². The van der Waals surface area contributed by atoms with E-state index in [4.69, 9.17) is 28.4 Å². The Bertz CT molecular complexity index is 1930. The van der Waals surface area contributed by atoms with Gasteiger partial charge in [0.15, 0.2) is 12.6 Å². The molecule has 18 atom stereocenters. The maximum atomic E-state index is 13.5. The first-order valence-corrected chi connectivity index (χ1v) is 38.4. The fourth-order valence-corrected chi connectivity index (χ4v) is 13.7. The number of carbonyl (C=O) groups excluding carboxylic acids is 2. The molecule has 3 aliphatic heterocycles. The van der Waals surface area contributed by atoms with Gasteiger partial charge in [-0.25, -0.2) is 4.79 Å². The number of ether oxygens (including phenoxy) is 6. The fourth-order valence-electron chi connectivity index (χ4n) is 13.7. The maximum Gasteiger partial charge on any atom is 0.364 e. The standard InChI is InChI=1S/C73H138N2O21/c1-4-6-8-10-12-14-16-18-20-22-24-26-27-28-30-32-34-36-38-40-42-44-46-55(80)54(75-60(83)47-45-43-41-39-37-35-33-31-29-25-23-21-19-17-15-13-11-9-7-5-2)52-91-70-65(87)64(86)67(59(51-78)93-70)94-71-66(88)69(63(85)58(50-77)92-71)96-73(72(89)90)48-56(81)61(74-53(3)79)68(95-73)62(84)57(82)49-76/h54-59,61-71,76-78,80-82,84-88H,4-52H2,1-3H3,(H,74,79)(H,75,83)(H,89,90). The van der Waals surface area contributed by atoms with Crippen LogP contribution in [0.15, 0.2) is 0 Å². The van der Waals surface area contributed by atoms with Crippen molar-refractivity contribution in [2.24, 2.45) is 0 Å². The zero-order chi connectivity index (χ0) is 70.4. The van der Waals surface area contributed by atoms with Gasteiger partial charge in [-0.2, -0.15) is 0 Å². The Balaban J connectivity index is 1.55. The van der Waals surface area contributed by atoms with E-state index in [-0.39, 0.29) is 18.9 Å². The summed E-state index contributed by atoms with van der Waals surface area (Å²) in [4.78, 5) is 38.7. The number of aliphatic carboxylic acids is 1. The van der Waals surface area contributed by atoms with Crippen molar-refractivity contribution in [1.82, 2.24) is 10.6 Å². The van der Waals surface area contributed by atoms with E-state index in [0.717, 1.165) is 51.9 Å². The van der Waals surface area contributed by atoms with Crippen molar-refractivity contribution in [3.8, 4) is 0 Å². The lowest BCUT2D eigenvalue weighted by Crippen LogP contribution is -2.70. The summed E-state index contributed by atoms with van der Waals surface area (Å²) in [6, 6.07) is -2.52. The lowest BCUT2D eigenvalue weighted by molar-refractivity contribution is -0.386. The molecule has 0 aliphatic carbocycles. The van der Waals surface area contributed by atoms with Gasteiger partial charge in [0.25, 0.3) is 5.79 Å². The summed E-state index contributed by atoms with van der Waals surface area (Å²) in [7, 11) is 0. The van der Waals surface area contributed by atoms with Gasteiger partial charge in [-0.3, -0.25) is 9.59 Å². The van der Waals surface area contributed by atoms with E-state index in [0.29, 0.717) is 19.3 Å². The van der Waals surface area contributed by atoms with Crippen LogP contribution in [0.2, 0.25) is 0 Å². The number of amides is 2. The highest BCUT2D eigenvalue weighted by Gasteiger charge is 2.60. The van der Waals surface area contributed by atoms with Crippen LogP contribution in [-0.4, -0.2) is 215 Å². The second-order valence-electron chi connectivity index (χ2n) is 28.2. The average Bonchev–Trinajstić information content (AvgIpc) is 0.759. The second kappa shape index (κ2) is 53.5. The third-order valence-corrected chi connectivity index (χ3v) is 19.8. The summed E-state index contributed by atoms with van der Waals surface area (Å²) >= 11 is 0. The van der Waals surface area contributed by atoms with E-state index >= 15 is 0 Å². The molecule has 0 bridgehead atoms. The molecule has 0 radical (unpaired) electrons. The normalized spacial score (nSPS) is 27.5. The van der Waals surface area contributed by atoms with Crippen molar-refractivity contribution >= 4 is 17.8 Å². The third-order valence-electron chi connectivity index (χ3n) is 19.8. The van der Waals surface area contributed by atoms with Crippen molar-refractivity contribution < 1.29 is 104 Å². The largest absolute Gasteiger partial charge is 0.477 e. The third kappa shape index (κ3) is 34.6. The molecule has 3 saturated heterocycles. The van der Waals surface area contributed by atoms with Crippen LogP contribution in [0.1, 0.15) is 310 Å². The summed E-state index contributed by atoms with van der Waals surface area (Å²) in [5.41, 5.74) is 0. The van der Waals surface area contributed by atoms with Crippen molar-refractivity contribution in [3.05, 3.63) is 0 Å². The van der Waals surface area contributed by atoms with Crippen molar-refractivity contribution in [3.63, 3.8) is 0 Å². The molecule has 3 rings (SSSR count). The first kappa shape index (κ1) is 87.9. The number of carbonyl (C=O) groups is 3. The summed E-state index contributed by atoms with van der Waals surface area (Å²) in [6.45, 7) is 2.26. The minimum absolute atomic E-state index is 0.230. The Labute approximate surface area is 576 Å². The molecular formula is C73H138N2O21. The minimum atomic E-state index is -3.08. The quantitative estimate of drug-likeness (QED) is 0.0253. The van der Waals surface area contributed by atoms with Crippen LogP contribution >= 0.6 is 0 Å². The molecule has 3 fully saturated rings. The summed E-state index contributed by atoms with van der Waals surface area (Å²) in [5, 5.41) is 136. The highest BCUT2D eigenvalue weighted by molar-refractivity contribution is 5.77. The SMILES string of the molecule is CCCCCCCCCCCCCCCCCCCCCCCCC(O)C(COC1OC(CO)C(OC2OC(CO)C(O)C(OC3(C(=O)O)CC(O)C(NC(C)=O)C(C(O)C(O)CO)O3)C2O)C(O)C1O)NC(=O)CCCCCCCCCCCCCCCCCCCCCC. The number of rotatable bonds is 60. The summed E-state index contributed by atoms with van der Waals surface area (Å²) < 4.78 is 34.9. The highest BCUT2D eigenvalue weighted by Crippen LogP contribution is 2.39. The number of carboxylic acid groups (broad SMARTS) is 1. The van der Waals surface area contributed by atoms with E-state index in [9.17, 15) is 75.7 Å². The number of nitrogens with one attached hydrogen (secondary N) is 2. The van der Waals surface area contributed by atoms with Gasteiger partial charge >= 0.3 is 5.97 Å². The van der Waals surface area contributed by atoms with Crippen LogP contribution in [0, 0.1) is 0 Å². The summed E-state index contributed by atoms with van der Waals surface area (Å²) in [5.74, 6) is -6.09. The molecule has 0 aromatic rings. The molecule has 14 N–H and O–H groups in total. The molecule has 2 amide bonds. The Morgan fingerprint density at radius 1 is 0.500 bits per heavy atom. The van der Waals surface area contributed by atoms with Crippen LogP contribution in [0.3, 0.4) is 0 Å². The average molecular weight is 1380 g/mol. The Morgan fingerprint density at radius 2 is 0.906 bits per heavy atom. The molecule has 23 heteroatoms. The van der Waals surface area contributed by atoms with Crippen LogP contribution < -0.4 is 10.6 Å². The minimum Gasteiger partial charge on any atom is -0.477 e. The van der Waals surface area contributed by atoms with E-state index < -0.39 is 148 Å². The zero-order valence-corrected chi connectivity index (χ0v) is 59.5. The first-order chi connectivity index (χ1) is 46.4. The Morgan fingerprint density at radius 3 is 1.30 bits per heavy atom. The van der Waals surface area contributed by atoms with Gasteiger partial charge in [0.1, 0.15) is 67.1 Å². The molecule has 0 saturated carbocycles. The zero-order valence-electron chi connectivity index (χ0n) is 59.5. The lowest BCUT2D eigenvalue weighted by Gasteiger charge is -2.50. The Kier molecular flexibility index (Phi) is 49.0. The van der Waals surface area contributed by atoms with Crippen molar-refractivity contribution in [1.29, 1.82) is 0 Å². The molecule has 566 valence electrons. The molecule has 3 heterocycles. The molecule has 96 heavy (non-hydrogen) atoms. The number of aliphatic hydroxyl groups excluding tert-OH is 11. The van der Waals surface area contributed by atoms with Gasteiger partial charge in [0.05, 0.1) is 50.7 Å². The summed E-state index contributed by atoms with van der Waals surface area (Å²) in [6.07, 6.45) is 23.8. The van der Waals surface area contributed by atoms with Gasteiger partial charge in [0, 0.05) is 19.8 Å². The smallest absolute Gasteiger partial charge is 0.364 e. The van der Waals surface area contributed by atoms with Gasteiger partial charge in [-0.1, -0.05) is 277 Å². The topological polar surface area (TPSA) is 373 Å². The monoisotopic (exact) mass is 1380 g/mol. The lowest BCUT2D eigenvalue weighted by atomic mass is 9.88. The van der Waals surface area contributed by atoms with Crippen LogP contribution in [0.5, 0.6) is 0 Å². The molecule has 3 aliphatic rings. The van der Waals surface area contributed by atoms with Gasteiger partial charge < -0.3 is 100 Å². The first-order valence-electron chi connectivity index (χ1n) is 38.4. The number of hydrogen-bond donors (Lipinski definition) is 14. The van der Waals surface area contributed by atoms with Gasteiger partial charge in [0.2, 0.25) is 11.8 Å². The second-order valence-corrected chi connectivity index (χ2v) is 28.2. The predicted molar refractivity (Wildman–Crippen MR) is 366 cm³/mol. The molecule has 0 aromatic heterocycles. The van der Waals surface area contributed by atoms with E-state index in [1.54, 1.807) is 0 Å². The van der Waals surface area contributed by atoms with E-state index in [2.05, 4.69) is 24.5 Å².